The number of imidazole rings is 1. The van der Waals surface area contributed by atoms with Gasteiger partial charge in [0.15, 0.2) is 0 Å². The summed E-state index contributed by atoms with van der Waals surface area (Å²) in [7, 11) is 0. The first-order valence-electron chi connectivity index (χ1n) is 7.04. The minimum Gasteiger partial charge on any atom is -0.336 e. The molecule has 0 amide bonds. The molecular formula is C16H21N3. The summed E-state index contributed by atoms with van der Waals surface area (Å²) in [5, 5.41) is 3.69. The van der Waals surface area contributed by atoms with Crippen molar-refractivity contribution >= 4 is 0 Å². The SMILES string of the molecule is Cc1cccc2c1C(C)CC2NCCn1ccnc1. The van der Waals surface area contributed by atoms with Crippen molar-refractivity contribution in [1.82, 2.24) is 14.9 Å². The lowest BCUT2D eigenvalue weighted by Gasteiger charge is -2.14. The molecular weight excluding hydrogens is 234 g/mol. The highest BCUT2D eigenvalue weighted by molar-refractivity contribution is 5.43. The first kappa shape index (κ1) is 12.4. The second kappa shape index (κ2) is 5.17. The molecule has 3 nitrogen and oxygen atoms in total. The Labute approximate surface area is 114 Å². The van der Waals surface area contributed by atoms with E-state index in [1.807, 2.05) is 18.7 Å². The number of nitrogens with one attached hydrogen (secondary N) is 1. The van der Waals surface area contributed by atoms with E-state index in [1.54, 1.807) is 5.56 Å². The van der Waals surface area contributed by atoms with Crippen LogP contribution in [-0.2, 0) is 6.54 Å². The molecule has 0 fully saturated rings. The van der Waals surface area contributed by atoms with Gasteiger partial charge in [-0.1, -0.05) is 25.1 Å². The molecule has 2 atom stereocenters. The molecule has 3 heteroatoms. The van der Waals surface area contributed by atoms with Crippen molar-refractivity contribution < 1.29 is 0 Å². The quantitative estimate of drug-likeness (QED) is 0.910. The van der Waals surface area contributed by atoms with Crippen LogP contribution in [0.1, 0.15) is 42.0 Å². The summed E-state index contributed by atoms with van der Waals surface area (Å²) < 4.78 is 2.11. The average molecular weight is 255 g/mol. The van der Waals surface area contributed by atoms with Gasteiger partial charge in [0, 0.05) is 31.5 Å². The number of aryl methyl sites for hydroxylation is 1. The Morgan fingerprint density at radius 3 is 3.11 bits per heavy atom. The summed E-state index contributed by atoms with van der Waals surface area (Å²) >= 11 is 0. The van der Waals surface area contributed by atoms with Crippen molar-refractivity contribution in [2.24, 2.45) is 0 Å². The van der Waals surface area contributed by atoms with E-state index in [0.29, 0.717) is 12.0 Å². The molecule has 0 saturated heterocycles. The monoisotopic (exact) mass is 255 g/mol. The van der Waals surface area contributed by atoms with Gasteiger partial charge in [0.2, 0.25) is 0 Å². The largest absolute Gasteiger partial charge is 0.336 e. The lowest BCUT2D eigenvalue weighted by Crippen LogP contribution is -2.23. The molecule has 2 aromatic rings. The third kappa shape index (κ3) is 2.43. The van der Waals surface area contributed by atoms with E-state index in [0.717, 1.165) is 13.1 Å². The van der Waals surface area contributed by atoms with Crippen LogP contribution >= 0.6 is 0 Å². The van der Waals surface area contributed by atoms with Crippen LogP contribution < -0.4 is 5.32 Å². The molecule has 0 saturated carbocycles. The Kier molecular flexibility index (Phi) is 3.38. The van der Waals surface area contributed by atoms with Crippen LogP contribution in [0.3, 0.4) is 0 Å². The van der Waals surface area contributed by atoms with Crippen LogP contribution in [0, 0.1) is 6.92 Å². The lowest BCUT2D eigenvalue weighted by atomic mass is 9.98. The maximum atomic E-state index is 4.07. The predicted molar refractivity (Wildman–Crippen MR) is 77.2 cm³/mol. The first-order chi connectivity index (χ1) is 9.25. The summed E-state index contributed by atoms with van der Waals surface area (Å²) in [6.45, 7) is 6.53. The van der Waals surface area contributed by atoms with Crippen LogP contribution in [0.4, 0.5) is 0 Å². The van der Waals surface area contributed by atoms with Gasteiger partial charge in [-0.15, -0.1) is 0 Å². The Bertz CT molecular complexity index is 545. The Morgan fingerprint density at radius 2 is 2.32 bits per heavy atom. The maximum Gasteiger partial charge on any atom is 0.0946 e. The second-order valence-electron chi connectivity index (χ2n) is 5.52. The van der Waals surface area contributed by atoms with Crippen molar-refractivity contribution in [3.05, 3.63) is 53.6 Å². The minimum atomic E-state index is 0.508. The van der Waals surface area contributed by atoms with E-state index in [2.05, 4.69) is 46.9 Å². The molecule has 0 aliphatic heterocycles. The zero-order valence-electron chi connectivity index (χ0n) is 11.6. The maximum absolute atomic E-state index is 4.07. The molecule has 1 aromatic heterocycles. The molecule has 0 radical (unpaired) electrons. The van der Waals surface area contributed by atoms with Crippen molar-refractivity contribution in [3.63, 3.8) is 0 Å². The van der Waals surface area contributed by atoms with Crippen LogP contribution in [0.5, 0.6) is 0 Å². The van der Waals surface area contributed by atoms with E-state index in [9.17, 15) is 0 Å². The number of hydrogen-bond donors (Lipinski definition) is 1. The second-order valence-corrected chi connectivity index (χ2v) is 5.52. The molecule has 1 aliphatic rings. The van der Waals surface area contributed by atoms with E-state index in [-0.39, 0.29) is 0 Å². The van der Waals surface area contributed by atoms with Gasteiger partial charge >= 0.3 is 0 Å². The number of hydrogen-bond acceptors (Lipinski definition) is 2. The number of fused-ring (bicyclic) bond motifs is 1. The first-order valence-corrected chi connectivity index (χ1v) is 7.04. The molecule has 1 aliphatic carbocycles. The fourth-order valence-electron chi connectivity index (χ4n) is 3.26. The number of benzene rings is 1. The molecule has 1 heterocycles. The van der Waals surface area contributed by atoms with E-state index >= 15 is 0 Å². The zero-order chi connectivity index (χ0) is 13.2. The zero-order valence-corrected chi connectivity index (χ0v) is 11.6. The van der Waals surface area contributed by atoms with E-state index in [1.165, 1.54) is 17.5 Å². The molecule has 19 heavy (non-hydrogen) atoms. The van der Waals surface area contributed by atoms with Crippen molar-refractivity contribution in [3.8, 4) is 0 Å². The number of rotatable bonds is 4. The molecule has 2 unspecified atom stereocenters. The fraction of sp³-hybridized carbons (Fsp3) is 0.438. The van der Waals surface area contributed by atoms with Gasteiger partial charge in [-0.05, 0) is 36.0 Å². The molecule has 1 N–H and O–H groups in total. The van der Waals surface area contributed by atoms with Gasteiger partial charge in [-0.3, -0.25) is 0 Å². The predicted octanol–water partition coefficient (Wildman–Crippen LogP) is 3.03. The highest BCUT2D eigenvalue weighted by Gasteiger charge is 2.28. The number of nitrogens with zero attached hydrogens (tertiary/aromatic N) is 2. The fourth-order valence-corrected chi connectivity index (χ4v) is 3.26. The summed E-state index contributed by atoms with van der Waals surface area (Å²) in [5.74, 6) is 0.668. The Morgan fingerprint density at radius 1 is 1.42 bits per heavy atom. The van der Waals surface area contributed by atoms with Gasteiger partial charge in [0.1, 0.15) is 0 Å². The molecule has 0 bridgehead atoms. The standard InChI is InChI=1S/C16H21N3/c1-12-4-3-5-14-15(10-13(2)16(12)14)18-7-9-19-8-6-17-11-19/h3-6,8,11,13,15,18H,7,9-10H2,1-2H3. The van der Waals surface area contributed by atoms with E-state index in [4.69, 9.17) is 0 Å². The minimum absolute atomic E-state index is 0.508. The van der Waals surface area contributed by atoms with Gasteiger partial charge in [-0.2, -0.15) is 0 Å². The summed E-state index contributed by atoms with van der Waals surface area (Å²) in [4.78, 5) is 4.07. The summed E-state index contributed by atoms with van der Waals surface area (Å²) in [6.07, 6.45) is 6.93. The highest BCUT2D eigenvalue weighted by Crippen LogP contribution is 2.41. The highest BCUT2D eigenvalue weighted by atomic mass is 15.0. The van der Waals surface area contributed by atoms with Crippen molar-refractivity contribution in [1.29, 1.82) is 0 Å². The van der Waals surface area contributed by atoms with Crippen LogP contribution in [0.2, 0.25) is 0 Å². The van der Waals surface area contributed by atoms with Gasteiger partial charge in [0.25, 0.3) is 0 Å². The Balaban J connectivity index is 1.66. The molecule has 100 valence electrons. The molecule has 3 rings (SSSR count). The smallest absolute Gasteiger partial charge is 0.0946 e. The lowest BCUT2D eigenvalue weighted by molar-refractivity contribution is 0.483. The molecule has 1 aromatic carbocycles. The number of aromatic nitrogens is 2. The Hall–Kier alpha value is -1.61. The normalized spacial score (nSPS) is 21.6. The third-order valence-corrected chi connectivity index (χ3v) is 4.14. The van der Waals surface area contributed by atoms with Crippen LogP contribution in [-0.4, -0.2) is 16.1 Å². The van der Waals surface area contributed by atoms with Gasteiger partial charge in [-0.25, -0.2) is 4.98 Å². The van der Waals surface area contributed by atoms with Gasteiger partial charge < -0.3 is 9.88 Å². The average Bonchev–Trinajstić information content (AvgIpc) is 3.00. The van der Waals surface area contributed by atoms with Crippen molar-refractivity contribution in [2.75, 3.05) is 6.54 Å². The molecule has 0 spiro atoms. The topological polar surface area (TPSA) is 29.9 Å². The third-order valence-electron chi connectivity index (χ3n) is 4.14. The van der Waals surface area contributed by atoms with E-state index < -0.39 is 0 Å². The van der Waals surface area contributed by atoms with Crippen LogP contribution in [0.25, 0.3) is 0 Å². The summed E-state index contributed by atoms with van der Waals surface area (Å²) in [6, 6.07) is 7.19. The van der Waals surface area contributed by atoms with Crippen molar-refractivity contribution in [2.45, 2.75) is 38.8 Å². The van der Waals surface area contributed by atoms with Gasteiger partial charge in [0.05, 0.1) is 6.33 Å². The summed E-state index contributed by atoms with van der Waals surface area (Å²) in [5.41, 5.74) is 4.49. The van der Waals surface area contributed by atoms with Crippen LogP contribution in [0.15, 0.2) is 36.9 Å².